The molecule has 0 spiro atoms. The van der Waals surface area contributed by atoms with Crippen molar-refractivity contribution in [2.45, 2.75) is 0 Å². The molecule has 0 saturated carbocycles. The standard InChI is InChI=1S/C20H17ClN4O2/c1-24-18-9-14(4-2-13(18)11-22)27-15-6-7-25-19(10-15)12-3-5-16(20(23)26)17(21)8-12/h2-11,22,24H,1H3,(H2,23,26). The predicted molar refractivity (Wildman–Crippen MR) is 107 cm³/mol. The largest absolute Gasteiger partial charge is 0.457 e. The van der Waals surface area contributed by atoms with Crippen LogP contribution in [-0.2, 0) is 0 Å². The lowest BCUT2D eigenvalue weighted by atomic mass is 10.1. The predicted octanol–water partition coefficient (Wildman–Crippen LogP) is 4.33. The van der Waals surface area contributed by atoms with E-state index in [1.807, 2.05) is 6.07 Å². The number of anilines is 1. The van der Waals surface area contributed by atoms with E-state index < -0.39 is 5.91 Å². The molecule has 0 atom stereocenters. The Hall–Kier alpha value is -3.38. The van der Waals surface area contributed by atoms with E-state index in [1.165, 1.54) is 6.21 Å². The molecule has 1 aromatic heterocycles. The second kappa shape index (κ2) is 7.88. The number of nitrogens with two attached hydrogens (primary N) is 1. The summed E-state index contributed by atoms with van der Waals surface area (Å²) in [5.41, 5.74) is 8.50. The van der Waals surface area contributed by atoms with E-state index in [9.17, 15) is 4.79 Å². The number of hydrogen-bond acceptors (Lipinski definition) is 5. The number of ether oxygens (including phenoxy) is 1. The first-order valence-electron chi connectivity index (χ1n) is 8.07. The molecule has 0 fully saturated rings. The number of amides is 1. The van der Waals surface area contributed by atoms with Crippen LogP contribution in [0.1, 0.15) is 15.9 Å². The molecule has 0 unspecified atom stereocenters. The Balaban J connectivity index is 1.89. The summed E-state index contributed by atoms with van der Waals surface area (Å²) >= 11 is 6.12. The second-order valence-electron chi connectivity index (χ2n) is 5.68. The van der Waals surface area contributed by atoms with Crippen LogP contribution in [-0.4, -0.2) is 24.2 Å². The van der Waals surface area contributed by atoms with Gasteiger partial charge >= 0.3 is 0 Å². The topological polar surface area (TPSA) is 101 Å². The third-order valence-corrected chi connectivity index (χ3v) is 4.26. The minimum absolute atomic E-state index is 0.263. The van der Waals surface area contributed by atoms with Crippen molar-refractivity contribution in [3.63, 3.8) is 0 Å². The van der Waals surface area contributed by atoms with Crippen molar-refractivity contribution in [2.75, 3.05) is 12.4 Å². The van der Waals surface area contributed by atoms with Gasteiger partial charge in [-0.3, -0.25) is 9.78 Å². The maximum absolute atomic E-state index is 11.3. The summed E-state index contributed by atoms with van der Waals surface area (Å²) in [4.78, 5) is 15.6. The number of carbonyl (C=O) groups excluding carboxylic acids is 1. The van der Waals surface area contributed by atoms with Gasteiger partial charge in [-0.2, -0.15) is 0 Å². The molecule has 0 radical (unpaired) electrons. The van der Waals surface area contributed by atoms with Crippen molar-refractivity contribution < 1.29 is 9.53 Å². The van der Waals surface area contributed by atoms with Gasteiger partial charge in [-0.25, -0.2) is 0 Å². The van der Waals surface area contributed by atoms with E-state index in [2.05, 4.69) is 10.3 Å². The van der Waals surface area contributed by atoms with Crippen LogP contribution in [0.25, 0.3) is 11.3 Å². The number of rotatable bonds is 6. The maximum Gasteiger partial charge on any atom is 0.250 e. The lowest BCUT2D eigenvalue weighted by Gasteiger charge is -2.11. The highest BCUT2D eigenvalue weighted by molar-refractivity contribution is 6.34. The van der Waals surface area contributed by atoms with E-state index in [-0.39, 0.29) is 10.6 Å². The molecule has 0 aliphatic heterocycles. The fourth-order valence-corrected chi connectivity index (χ4v) is 2.86. The number of benzene rings is 2. The Labute approximate surface area is 161 Å². The molecule has 6 nitrogen and oxygen atoms in total. The Morgan fingerprint density at radius 2 is 1.96 bits per heavy atom. The first-order valence-corrected chi connectivity index (χ1v) is 8.45. The number of hydrogen-bond donors (Lipinski definition) is 3. The van der Waals surface area contributed by atoms with E-state index in [4.69, 9.17) is 27.5 Å². The van der Waals surface area contributed by atoms with Gasteiger partial charge in [0, 0.05) is 48.4 Å². The molecule has 0 saturated heterocycles. The molecule has 3 aromatic rings. The smallest absolute Gasteiger partial charge is 0.250 e. The second-order valence-corrected chi connectivity index (χ2v) is 6.09. The normalized spacial score (nSPS) is 10.3. The van der Waals surface area contributed by atoms with Crippen LogP contribution < -0.4 is 15.8 Å². The van der Waals surface area contributed by atoms with Gasteiger partial charge in [0.2, 0.25) is 5.91 Å². The van der Waals surface area contributed by atoms with Crippen molar-refractivity contribution in [2.24, 2.45) is 5.73 Å². The molecule has 136 valence electrons. The van der Waals surface area contributed by atoms with E-state index in [0.717, 1.165) is 16.8 Å². The van der Waals surface area contributed by atoms with Crippen LogP contribution in [0.4, 0.5) is 5.69 Å². The highest BCUT2D eigenvalue weighted by Crippen LogP contribution is 2.30. The summed E-state index contributed by atoms with van der Waals surface area (Å²) in [6.07, 6.45) is 2.91. The molecule has 0 aliphatic rings. The molecular formula is C20H17ClN4O2. The van der Waals surface area contributed by atoms with E-state index in [1.54, 1.807) is 55.7 Å². The average Bonchev–Trinajstić information content (AvgIpc) is 2.67. The molecule has 0 aliphatic carbocycles. The molecule has 3 rings (SSSR count). The SMILES string of the molecule is CNc1cc(Oc2ccnc(-c3ccc(C(N)=O)c(Cl)c3)c2)ccc1C=N. The first kappa shape index (κ1) is 18.4. The van der Waals surface area contributed by atoms with Gasteiger partial charge in [0.25, 0.3) is 0 Å². The summed E-state index contributed by atoms with van der Waals surface area (Å²) in [6.45, 7) is 0. The zero-order valence-electron chi connectivity index (χ0n) is 14.5. The van der Waals surface area contributed by atoms with Crippen molar-refractivity contribution in [3.05, 3.63) is 70.9 Å². The summed E-state index contributed by atoms with van der Waals surface area (Å²) in [6, 6.07) is 13.9. The zero-order chi connectivity index (χ0) is 19.4. The van der Waals surface area contributed by atoms with Crippen LogP contribution in [0.5, 0.6) is 11.5 Å². The summed E-state index contributed by atoms with van der Waals surface area (Å²) in [7, 11) is 1.79. The third-order valence-electron chi connectivity index (χ3n) is 3.95. The fraction of sp³-hybridized carbons (Fsp3) is 0.0500. The molecular weight excluding hydrogens is 364 g/mol. The lowest BCUT2D eigenvalue weighted by Crippen LogP contribution is -2.11. The summed E-state index contributed by atoms with van der Waals surface area (Å²) < 4.78 is 5.91. The number of nitrogens with one attached hydrogen (secondary N) is 2. The van der Waals surface area contributed by atoms with E-state index in [0.29, 0.717) is 17.2 Å². The summed E-state index contributed by atoms with van der Waals surface area (Å²) in [5.74, 6) is 0.647. The quantitative estimate of drug-likeness (QED) is 0.554. The number of nitrogens with zero attached hydrogens (tertiary/aromatic N) is 1. The summed E-state index contributed by atoms with van der Waals surface area (Å²) in [5, 5.41) is 10.7. The molecule has 4 N–H and O–H groups in total. The van der Waals surface area contributed by atoms with Gasteiger partial charge in [0.05, 0.1) is 16.3 Å². The van der Waals surface area contributed by atoms with Crippen molar-refractivity contribution in [1.82, 2.24) is 4.98 Å². The minimum atomic E-state index is -0.578. The van der Waals surface area contributed by atoms with Crippen LogP contribution in [0.3, 0.4) is 0 Å². The number of aromatic nitrogens is 1. The average molecular weight is 381 g/mol. The monoisotopic (exact) mass is 380 g/mol. The van der Waals surface area contributed by atoms with Gasteiger partial charge < -0.3 is 21.2 Å². The number of carbonyl (C=O) groups is 1. The highest BCUT2D eigenvalue weighted by Gasteiger charge is 2.10. The fourth-order valence-electron chi connectivity index (χ4n) is 2.58. The first-order chi connectivity index (χ1) is 13.0. The third kappa shape index (κ3) is 4.07. The maximum atomic E-state index is 11.3. The number of primary amides is 1. The zero-order valence-corrected chi connectivity index (χ0v) is 15.2. The van der Waals surface area contributed by atoms with E-state index >= 15 is 0 Å². The van der Waals surface area contributed by atoms with Crippen LogP contribution >= 0.6 is 11.6 Å². The Kier molecular flexibility index (Phi) is 5.38. The Morgan fingerprint density at radius 1 is 1.19 bits per heavy atom. The van der Waals surface area contributed by atoms with Gasteiger partial charge in [-0.05, 0) is 30.3 Å². The molecule has 0 bridgehead atoms. The number of pyridine rings is 1. The Bertz CT molecular complexity index is 1020. The van der Waals surface area contributed by atoms with Crippen molar-refractivity contribution >= 4 is 29.4 Å². The molecule has 2 aromatic carbocycles. The molecule has 27 heavy (non-hydrogen) atoms. The van der Waals surface area contributed by atoms with Gasteiger partial charge in [0.1, 0.15) is 11.5 Å². The van der Waals surface area contributed by atoms with Crippen LogP contribution in [0.2, 0.25) is 5.02 Å². The van der Waals surface area contributed by atoms with Crippen LogP contribution in [0.15, 0.2) is 54.7 Å². The van der Waals surface area contributed by atoms with Gasteiger partial charge in [0.15, 0.2) is 0 Å². The van der Waals surface area contributed by atoms with Crippen LogP contribution in [0, 0.1) is 5.41 Å². The highest BCUT2D eigenvalue weighted by atomic mass is 35.5. The Morgan fingerprint density at radius 3 is 2.63 bits per heavy atom. The minimum Gasteiger partial charge on any atom is -0.457 e. The molecule has 1 amide bonds. The van der Waals surface area contributed by atoms with Gasteiger partial charge in [-0.1, -0.05) is 17.7 Å². The lowest BCUT2D eigenvalue weighted by molar-refractivity contribution is 0.100. The van der Waals surface area contributed by atoms with Crippen molar-refractivity contribution in [3.8, 4) is 22.8 Å². The number of halogens is 1. The molecule has 7 heteroatoms. The van der Waals surface area contributed by atoms with Crippen molar-refractivity contribution in [1.29, 1.82) is 5.41 Å². The van der Waals surface area contributed by atoms with Gasteiger partial charge in [-0.15, -0.1) is 0 Å². The molecule has 1 heterocycles.